The average molecular weight is 718 g/mol. The zero-order chi connectivity index (χ0) is 36.4. The molecule has 5 rings (SSSR count). The Bertz CT molecular complexity index is 1790. The van der Waals surface area contributed by atoms with Crippen molar-refractivity contribution in [1.82, 2.24) is 9.55 Å². The van der Waals surface area contributed by atoms with Gasteiger partial charge in [0.15, 0.2) is 6.23 Å². The van der Waals surface area contributed by atoms with Crippen molar-refractivity contribution in [3.8, 4) is 17.6 Å². The van der Waals surface area contributed by atoms with Crippen molar-refractivity contribution in [2.75, 3.05) is 39.9 Å². The summed E-state index contributed by atoms with van der Waals surface area (Å²) >= 11 is 0. The van der Waals surface area contributed by atoms with Gasteiger partial charge in [0.25, 0.3) is 8.53 Å². The van der Waals surface area contributed by atoms with Crippen LogP contribution in [0.15, 0.2) is 95.9 Å². The maximum Gasteiger partial charge on any atom is 0.351 e. The molecule has 51 heavy (non-hydrogen) atoms. The number of amides is 1. The Labute approximate surface area is 296 Å². The highest BCUT2D eigenvalue weighted by molar-refractivity contribution is 7.44. The van der Waals surface area contributed by atoms with Gasteiger partial charge in [-0.15, -0.1) is 0 Å². The van der Waals surface area contributed by atoms with Gasteiger partial charge < -0.3 is 38.0 Å². The number of hydrogen-bond acceptors (Lipinski definition) is 12. The first-order valence-corrected chi connectivity index (χ1v) is 17.2. The smallest absolute Gasteiger partial charge is 0.351 e. The van der Waals surface area contributed by atoms with Crippen molar-refractivity contribution in [1.29, 1.82) is 5.26 Å². The van der Waals surface area contributed by atoms with Gasteiger partial charge in [0.1, 0.15) is 41.2 Å². The van der Waals surface area contributed by atoms with E-state index in [0.29, 0.717) is 11.5 Å². The average Bonchev–Trinajstić information content (AvgIpc) is 3.48. The van der Waals surface area contributed by atoms with Crippen LogP contribution in [0, 0.1) is 11.3 Å². The molecule has 15 heteroatoms. The molecule has 1 aliphatic rings. The number of hydrogen-bond donors (Lipinski definition) is 2. The molecule has 0 spiro atoms. The summed E-state index contributed by atoms with van der Waals surface area (Å²) in [6.07, 6.45) is -2.11. The number of anilines is 1. The van der Waals surface area contributed by atoms with Crippen LogP contribution in [-0.2, 0) is 33.7 Å². The Hall–Kier alpha value is -4.71. The van der Waals surface area contributed by atoms with Crippen LogP contribution in [0.2, 0.25) is 0 Å². The monoisotopic (exact) mass is 717 g/mol. The molecule has 0 radical (unpaired) electrons. The van der Waals surface area contributed by atoms with Gasteiger partial charge in [-0.05, 0) is 47.0 Å². The summed E-state index contributed by atoms with van der Waals surface area (Å²) in [4.78, 5) is 28.8. The maximum absolute atomic E-state index is 13.3. The van der Waals surface area contributed by atoms with E-state index < -0.39 is 44.4 Å². The van der Waals surface area contributed by atoms with E-state index in [4.69, 9.17) is 43.5 Å². The molecular formula is C36H40N5O9P. The van der Waals surface area contributed by atoms with E-state index >= 15 is 0 Å². The van der Waals surface area contributed by atoms with Gasteiger partial charge in [-0.3, -0.25) is 14.9 Å². The first-order chi connectivity index (χ1) is 24.7. The standard InChI is InChI=1S/C36H40N5O9P/c1-24(42)39-31-19-21-41(35(43)40-31)34-33(46-4)32(50-51(38)48-22-8-20-37)30(49-34)23-47-36(25-9-6-5-7-10-25,26-11-15-28(44-2)16-12-26)27-13-17-29(45-3)18-14-27/h5-7,9-19,21,30,32-34H,8,22-23,38H2,1-4H3,(H,39,40,42,43)/t30-,32-,33-,34-,51?/m1/s1. The number of aromatic nitrogens is 2. The second-order valence-electron chi connectivity index (χ2n) is 11.4. The number of nitrogens with two attached hydrogens (primary N) is 1. The van der Waals surface area contributed by atoms with E-state index in [9.17, 15) is 9.59 Å². The third kappa shape index (κ3) is 8.61. The van der Waals surface area contributed by atoms with Crippen LogP contribution >= 0.6 is 8.53 Å². The first kappa shape index (κ1) is 37.5. The molecule has 3 N–H and O–H groups in total. The molecule has 1 aromatic heterocycles. The summed E-state index contributed by atoms with van der Waals surface area (Å²) in [5.74, 6) is 1.06. The third-order valence-electron chi connectivity index (χ3n) is 8.26. The Morgan fingerprint density at radius 1 is 0.961 bits per heavy atom. The zero-order valence-corrected chi connectivity index (χ0v) is 29.5. The summed E-state index contributed by atoms with van der Waals surface area (Å²) in [6.45, 7) is 1.30. The summed E-state index contributed by atoms with van der Waals surface area (Å²) in [5, 5.41) is 11.5. The van der Waals surface area contributed by atoms with Crippen molar-refractivity contribution in [2.24, 2.45) is 5.50 Å². The molecule has 0 saturated carbocycles. The largest absolute Gasteiger partial charge is 0.497 e. The van der Waals surface area contributed by atoms with Gasteiger partial charge in [0, 0.05) is 20.2 Å². The van der Waals surface area contributed by atoms with Crippen LogP contribution in [0.4, 0.5) is 5.82 Å². The lowest BCUT2D eigenvalue weighted by Gasteiger charge is -2.37. The van der Waals surface area contributed by atoms with Crippen molar-refractivity contribution < 1.29 is 37.5 Å². The molecule has 14 nitrogen and oxygen atoms in total. The van der Waals surface area contributed by atoms with Gasteiger partial charge in [-0.25, -0.2) is 4.79 Å². The Morgan fingerprint density at radius 3 is 2.10 bits per heavy atom. The second kappa shape index (κ2) is 17.5. The lowest BCUT2D eigenvalue weighted by Crippen LogP contribution is -2.41. The van der Waals surface area contributed by atoms with Gasteiger partial charge in [0.05, 0.1) is 39.9 Å². The molecule has 4 aromatic rings. The summed E-state index contributed by atoms with van der Waals surface area (Å²) in [7, 11) is 2.66. The molecule has 1 saturated heterocycles. The third-order valence-corrected chi connectivity index (χ3v) is 9.15. The highest BCUT2D eigenvalue weighted by Crippen LogP contribution is 2.45. The fourth-order valence-corrected chi connectivity index (χ4v) is 6.74. The number of carbonyl (C=O) groups is 1. The number of nitrogens with one attached hydrogen (secondary N) is 1. The molecule has 5 atom stereocenters. The van der Waals surface area contributed by atoms with Crippen LogP contribution < -0.4 is 26.0 Å². The van der Waals surface area contributed by atoms with E-state index in [2.05, 4.69) is 10.3 Å². The fraction of sp³-hybridized carbons (Fsp3) is 0.333. The molecule has 268 valence electrons. The lowest BCUT2D eigenvalue weighted by molar-refractivity contribution is -0.114. The molecule has 3 aromatic carbocycles. The molecule has 1 fully saturated rings. The molecule has 2 heterocycles. The van der Waals surface area contributed by atoms with E-state index in [-0.39, 0.29) is 31.4 Å². The van der Waals surface area contributed by atoms with Gasteiger partial charge in [-0.2, -0.15) is 10.2 Å². The topological polar surface area (TPSA) is 178 Å². The molecule has 1 amide bonds. The molecule has 1 aliphatic heterocycles. The predicted molar refractivity (Wildman–Crippen MR) is 188 cm³/mol. The zero-order valence-electron chi connectivity index (χ0n) is 28.6. The highest BCUT2D eigenvalue weighted by atomic mass is 31.2. The normalized spacial score (nSPS) is 19.2. The summed E-state index contributed by atoms with van der Waals surface area (Å²) in [6, 6.07) is 28.4. The van der Waals surface area contributed by atoms with Crippen LogP contribution in [0.25, 0.3) is 0 Å². The van der Waals surface area contributed by atoms with Gasteiger partial charge in [0.2, 0.25) is 5.91 Å². The molecule has 0 aliphatic carbocycles. The summed E-state index contributed by atoms with van der Waals surface area (Å²) in [5.41, 5.74) is 6.81. The summed E-state index contributed by atoms with van der Waals surface area (Å²) < 4.78 is 43.5. The van der Waals surface area contributed by atoms with Crippen molar-refractivity contribution in [2.45, 2.75) is 43.5 Å². The van der Waals surface area contributed by atoms with Crippen molar-refractivity contribution in [3.05, 3.63) is 118 Å². The molecule has 0 bridgehead atoms. The quantitative estimate of drug-likeness (QED) is 0.0934. The van der Waals surface area contributed by atoms with Crippen LogP contribution in [0.3, 0.4) is 0 Å². The number of nitrogens with zero attached hydrogens (tertiary/aromatic N) is 3. The maximum atomic E-state index is 13.3. The van der Waals surface area contributed by atoms with E-state index in [1.54, 1.807) is 14.2 Å². The Morgan fingerprint density at radius 2 is 1.57 bits per heavy atom. The number of rotatable bonds is 16. The van der Waals surface area contributed by atoms with Crippen molar-refractivity contribution in [3.63, 3.8) is 0 Å². The molecule has 1 unspecified atom stereocenters. The SMILES string of the molecule is COc1ccc(C(OC[C@H]2O[C@@H](n3ccc(NC(C)=O)nc3=O)[C@H](OC)[C@@H]2OP(N)OCCC#N)(c2ccccc2)c2ccc(OC)cc2)cc1. The van der Waals surface area contributed by atoms with E-state index in [0.717, 1.165) is 16.7 Å². The van der Waals surface area contributed by atoms with Crippen LogP contribution in [0.5, 0.6) is 11.5 Å². The number of nitriles is 1. The number of methoxy groups -OCH3 is 3. The minimum Gasteiger partial charge on any atom is -0.497 e. The van der Waals surface area contributed by atoms with Gasteiger partial charge in [-0.1, -0.05) is 54.6 Å². The van der Waals surface area contributed by atoms with Crippen LogP contribution in [0.1, 0.15) is 36.3 Å². The number of ether oxygens (including phenoxy) is 5. The Balaban J connectivity index is 1.58. The highest BCUT2D eigenvalue weighted by Gasteiger charge is 2.50. The molecular weight excluding hydrogens is 677 g/mol. The minimum absolute atomic E-state index is 0.0641. The predicted octanol–water partition coefficient (Wildman–Crippen LogP) is 4.64. The van der Waals surface area contributed by atoms with E-state index in [1.165, 1.54) is 30.9 Å². The van der Waals surface area contributed by atoms with Crippen LogP contribution in [-0.4, -0.2) is 68.3 Å². The number of benzene rings is 3. The Kier molecular flexibility index (Phi) is 12.9. The first-order valence-electron chi connectivity index (χ1n) is 16.0. The van der Waals surface area contributed by atoms with Crippen molar-refractivity contribution >= 4 is 20.3 Å². The van der Waals surface area contributed by atoms with Gasteiger partial charge >= 0.3 is 5.69 Å². The lowest BCUT2D eigenvalue weighted by atomic mass is 9.80. The minimum atomic E-state index is -2.00. The fourth-order valence-electron chi connectivity index (χ4n) is 5.91. The second-order valence-corrected chi connectivity index (χ2v) is 12.4. The van der Waals surface area contributed by atoms with E-state index in [1.807, 2.05) is 84.9 Å². The number of carbonyl (C=O) groups excluding carboxylic acids is 1.